The average Bonchev–Trinajstić information content (AvgIpc) is 2.56. The first-order chi connectivity index (χ1) is 11.1. The van der Waals surface area contributed by atoms with Crippen LogP contribution in [-0.4, -0.2) is 37.9 Å². The van der Waals surface area contributed by atoms with E-state index < -0.39 is 18.2 Å². The summed E-state index contributed by atoms with van der Waals surface area (Å²) in [5, 5.41) is 0. The Morgan fingerprint density at radius 2 is 1.52 bits per heavy atom. The smallest absolute Gasteiger partial charge is 0.316 e. The van der Waals surface area contributed by atoms with Crippen LogP contribution in [0, 0.1) is 5.92 Å². The molecule has 0 saturated carbocycles. The van der Waals surface area contributed by atoms with Gasteiger partial charge in [0, 0.05) is 18.8 Å². The molecule has 5 heteroatoms. The van der Waals surface area contributed by atoms with Crippen molar-refractivity contribution in [3.63, 3.8) is 0 Å². The van der Waals surface area contributed by atoms with Crippen molar-refractivity contribution in [3.8, 4) is 0 Å². The van der Waals surface area contributed by atoms with E-state index in [2.05, 4.69) is 0 Å². The molecule has 1 aromatic carbocycles. The van der Waals surface area contributed by atoms with Crippen molar-refractivity contribution in [2.75, 3.05) is 19.8 Å². The summed E-state index contributed by atoms with van der Waals surface area (Å²) >= 11 is 0. The minimum Gasteiger partial charge on any atom is -0.465 e. The lowest BCUT2D eigenvalue weighted by atomic mass is 9.93. The van der Waals surface area contributed by atoms with Gasteiger partial charge in [-0.3, -0.25) is 9.59 Å². The first-order valence-electron chi connectivity index (χ1n) is 8.13. The first-order valence-corrected chi connectivity index (χ1v) is 8.13. The highest BCUT2D eigenvalue weighted by Gasteiger charge is 2.29. The molecule has 0 aliphatic rings. The molecule has 1 atom stereocenters. The number of benzene rings is 1. The lowest BCUT2D eigenvalue weighted by molar-refractivity contribution is -0.151. The molecule has 5 nitrogen and oxygen atoms in total. The minimum absolute atomic E-state index is 0.226. The molecule has 0 amide bonds. The summed E-state index contributed by atoms with van der Waals surface area (Å²) in [6, 6.07) is 8.79. The first kappa shape index (κ1) is 19.3. The molecule has 0 aliphatic heterocycles. The highest BCUT2D eigenvalue weighted by molar-refractivity contribution is 6.08. The summed E-state index contributed by atoms with van der Waals surface area (Å²) in [5.41, 5.74) is 0.509. The van der Waals surface area contributed by atoms with Crippen molar-refractivity contribution < 1.29 is 23.8 Å². The van der Waals surface area contributed by atoms with Crippen molar-refractivity contribution >= 4 is 11.8 Å². The second-order valence-electron chi connectivity index (χ2n) is 4.95. The maximum atomic E-state index is 12.6. The molecule has 128 valence electrons. The number of ketones is 1. The molecule has 0 bridgehead atoms. The van der Waals surface area contributed by atoms with Crippen LogP contribution in [0.3, 0.4) is 0 Å². The van der Waals surface area contributed by atoms with Gasteiger partial charge >= 0.3 is 5.97 Å². The van der Waals surface area contributed by atoms with Crippen LogP contribution in [0.4, 0.5) is 0 Å². The third-order valence-electron chi connectivity index (χ3n) is 3.34. The normalized spacial score (nSPS) is 12.2. The fraction of sp³-hybridized carbons (Fsp3) is 0.556. The van der Waals surface area contributed by atoms with Crippen molar-refractivity contribution in [2.45, 2.75) is 39.9 Å². The van der Waals surface area contributed by atoms with Gasteiger partial charge in [-0.2, -0.15) is 0 Å². The van der Waals surface area contributed by atoms with Crippen LogP contribution in [0.1, 0.15) is 44.0 Å². The van der Waals surface area contributed by atoms with Crippen LogP contribution < -0.4 is 0 Å². The van der Waals surface area contributed by atoms with Crippen LogP contribution in [0.15, 0.2) is 30.3 Å². The Bertz CT molecular complexity index is 466. The largest absolute Gasteiger partial charge is 0.465 e. The van der Waals surface area contributed by atoms with Crippen molar-refractivity contribution in [3.05, 3.63) is 35.9 Å². The summed E-state index contributed by atoms with van der Waals surface area (Å²) in [7, 11) is 0. The molecule has 0 saturated heterocycles. The molecule has 0 aromatic heterocycles. The number of esters is 1. The van der Waals surface area contributed by atoms with Crippen molar-refractivity contribution in [2.24, 2.45) is 5.92 Å². The zero-order valence-corrected chi connectivity index (χ0v) is 14.1. The number of hydrogen-bond donors (Lipinski definition) is 0. The predicted octanol–water partition coefficient (Wildman–Crippen LogP) is 3.23. The van der Waals surface area contributed by atoms with Gasteiger partial charge in [-0.15, -0.1) is 0 Å². The van der Waals surface area contributed by atoms with Crippen LogP contribution in [0.2, 0.25) is 0 Å². The molecule has 0 heterocycles. The van der Waals surface area contributed by atoms with Crippen LogP contribution >= 0.6 is 0 Å². The Hall–Kier alpha value is -1.72. The number of carbonyl (C=O) groups excluding carboxylic acids is 2. The van der Waals surface area contributed by atoms with Gasteiger partial charge in [0.25, 0.3) is 0 Å². The SMILES string of the molecule is CCOC(=O)C(CCC(OCC)OCC)C(=O)c1ccccc1. The predicted molar refractivity (Wildman–Crippen MR) is 87.2 cm³/mol. The van der Waals surface area contributed by atoms with Gasteiger partial charge in [-0.25, -0.2) is 0 Å². The Morgan fingerprint density at radius 1 is 0.913 bits per heavy atom. The Balaban J connectivity index is 2.80. The molecule has 23 heavy (non-hydrogen) atoms. The quantitative estimate of drug-likeness (QED) is 0.271. The van der Waals surface area contributed by atoms with E-state index in [1.807, 2.05) is 19.9 Å². The Morgan fingerprint density at radius 3 is 2.04 bits per heavy atom. The maximum absolute atomic E-state index is 12.6. The monoisotopic (exact) mass is 322 g/mol. The van der Waals surface area contributed by atoms with Crippen LogP contribution in [-0.2, 0) is 19.0 Å². The Labute approximate surface area is 137 Å². The molecular formula is C18H26O5. The molecule has 0 N–H and O–H groups in total. The van der Waals surface area contributed by atoms with Crippen molar-refractivity contribution in [1.82, 2.24) is 0 Å². The molecule has 1 rings (SSSR count). The number of carbonyl (C=O) groups is 2. The summed E-state index contributed by atoms with van der Waals surface area (Å²) in [6.07, 6.45) is 0.381. The zero-order valence-electron chi connectivity index (χ0n) is 14.1. The molecule has 0 fully saturated rings. The topological polar surface area (TPSA) is 61.8 Å². The third-order valence-corrected chi connectivity index (χ3v) is 3.34. The van der Waals surface area contributed by atoms with Gasteiger partial charge in [0.15, 0.2) is 12.1 Å². The van der Waals surface area contributed by atoms with Gasteiger partial charge in [0.1, 0.15) is 5.92 Å². The summed E-state index contributed by atoms with van der Waals surface area (Å²) in [5.74, 6) is -1.55. The molecule has 1 aromatic rings. The zero-order chi connectivity index (χ0) is 17.1. The highest BCUT2D eigenvalue weighted by Crippen LogP contribution is 2.19. The van der Waals surface area contributed by atoms with Crippen molar-refractivity contribution in [1.29, 1.82) is 0 Å². The lowest BCUT2D eigenvalue weighted by Gasteiger charge is -2.20. The van der Waals surface area contributed by atoms with E-state index >= 15 is 0 Å². The average molecular weight is 322 g/mol. The van der Waals surface area contributed by atoms with E-state index in [1.54, 1.807) is 31.2 Å². The fourth-order valence-electron chi connectivity index (χ4n) is 2.29. The molecule has 0 radical (unpaired) electrons. The standard InChI is InChI=1S/C18H26O5/c1-4-21-16(22-5-2)13-12-15(18(20)23-6-3)17(19)14-10-8-7-9-11-14/h7-11,15-16H,4-6,12-13H2,1-3H3. The molecule has 0 spiro atoms. The number of Topliss-reactive ketones (excluding diaryl/α,β-unsaturated/α-hetero) is 1. The van der Waals surface area contributed by atoms with E-state index in [0.717, 1.165) is 0 Å². The summed E-state index contributed by atoms with van der Waals surface area (Å²) in [4.78, 5) is 24.8. The van der Waals surface area contributed by atoms with E-state index in [-0.39, 0.29) is 12.4 Å². The van der Waals surface area contributed by atoms with E-state index in [4.69, 9.17) is 14.2 Å². The Kier molecular flexibility index (Phi) is 9.17. The summed E-state index contributed by atoms with van der Waals surface area (Å²) in [6.45, 7) is 6.76. The third kappa shape index (κ3) is 6.50. The summed E-state index contributed by atoms with van der Waals surface area (Å²) < 4.78 is 16.0. The second kappa shape index (κ2) is 10.9. The van der Waals surface area contributed by atoms with E-state index in [0.29, 0.717) is 31.6 Å². The minimum atomic E-state index is -0.833. The van der Waals surface area contributed by atoms with E-state index in [9.17, 15) is 9.59 Å². The number of ether oxygens (including phenoxy) is 3. The van der Waals surface area contributed by atoms with Gasteiger partial charge in [0.05, 0.1) is 6.61 Å². The fourth-order valence-corrected chi connectivity index (χ4v) is 2.29. The molecular weight excluding hydrogens is 296 g/mol. The number of hydrogen-bond acceptors (Lipinski definition) is 5. The second-order valence-corrected chi connectivity index (χ2v) is 4.95. The van der Waals surface area contributed by atoms with Gasteiger partial charge in [0.2, 0.25) is 0 Å². The van der Waals surface area contributed by atoms with Gasteiger partial charge < -0.3 is 14.2 Å². The lowest BCUT2D eigenvalue weighted by Crippen LogP contribution is -2.28. The van der Waals surface area contributed by atoms with Gasteiger partial charge in [-0.05, 0) is 33.6 Å². The number of rotatable bonds is 11. The van der Waals surface area contributed by atoms with Gasteiger partial charge in [-0.1, -0.05) is 30.3 Å². The van der Waals surface area contributed by atoms with E-state index in [1.165, 1.54) is 0 Å². The van der Waals surface area contributed by atoms with Crippen LogP contribution in [0.25, 0.3) is 0 Å². The molecule has 0 aliphatic carbocycles. The molecule has 1 unspecified atom stereocenters. The maximum Gasteiger partial charge on any atom is 0.316 e. The van der Waals surface area contributed by atoms with Crippen LogP contribution in [0.5, 0.6) is 0 Å². The highest BCUT2D eigenvalue weighted by atomic mass is 16.7.